The first-order chi connectivity index (χ1) is 9.20. The average Bonchev–Trinajstić information content (AvgIpc) is 2.44. The second-order valence-electron chi connectivity index (χ2n) is 4.34. The van der Waals surface area contributed by atoms with E-state index < -0.39 is 11.9 Å². The van der Waals surface area contributed by atoms with Crippen molar-refractivity contribution < 1.29 is 19.1 Å². The van der Waals surface area contributed by atoms with Gasteiger partial charge in [0.25, 0.3) is 0 Å². The largest absolute Gasteiger partial charge is 0.459 e. The summed E-state index contributed by atoms with van der Waals surface area (Å²) >= 11 is 0. The van der Waals surface area contributed by atoms with Gasteiger partial charge in [-0.15, -0.1) is 0 Å². The van der Waals surface area contributed by atoms with Crippen molar-refractivity contribution in [2.75, 3.05) is 13.2 Å². The maximum absolute atomic E-state index is 11.4. The highest BCUT2D eigenvalue weighted by atomic mass is 16.5. The first-order valence-corrected chi connectivity index (χ1v) is 6.34. The van der Waals surface area contributed by atoms with Crippen LogP contribution in [-0.2, 0) is 32.1 Å². The zero-order chi connectivity index (χ0) is 13.7. The molecule has 1 aromatic carbocycles. The summed E-state index contributed by atoms with van der Waals surface area (Å²) in [7, 11) is 0. The van der Waals surface area contributed by atoms with E-state index in [1.807, 2.05) is 18.2 Å². The van der Waals surface area contributed by atoms with Gasteiger partial charge in [0.1, 0.15) is 0 Å². The number of rotatable bonds is 3. The van der Waals surface area contributed by atoms with E-state index in [1.165, 1.54) is 11.1 Å². The SMILES string of the molecule is CCOC(=O)C(=O)NCC1Cc2ccccc2CO1. The van der Waals surface area contributed by atoms with E-state index in [0.29, 0.717) is 13.2 Å². The van der Waals surface area contributed by atoms with Gasteiger partial charge >= 0.3 is 11.9 Å². The Kier molecular flexibility index (Phi) is 4.52. The van der Waals surface area contributed by atoms with Gasteiger partial charge < -0.3 is 14.8 Å². The van der Waals surface area contributed by atoms with Crippen molar-refractivity contribution in [3.8, 4) is 0 Å². The molecule has 0 fully saturated rings. The first kappa shape index (κ1) is 13.5. The molecule has 19 heavy (non-hydrogen) atoms. The lowest BCUT2D eigenvalue weighted by atomic mass is 9.99. The number of hydrogen-bond acceptors (Lipinski definition) is 4. The molecule has 0 radical (unpaired) electrons. The Morgan fingerprint density at radius 2 is 2.11 bits per heavy atom. The number of hydrogen-bond donors (Lipinski definition) is 1. The Balaban J connectivity index is 1.83. The van der Waals surface area contributed by atoms with E-state index in [-0.39, 0.29) is 12.7 Å². The van der Waals surface area contributed by atoms with Gasteiger partial charge in [0.15, 0.2) is 0 Å². The molecule has 0 saturated heterocycles. The molecule has 1 aromatic rings. The minimum absolute atomic E-state index is 0.103. The number of nitrogens with one attached hydrogen (secondary N) is 1. The average molecular weight is 263 g/mol. The van der Waals surface area contributed by atoms with Crippen LogP contribution >= 0.6 is 0 Å². The summed E-state index contributed by atoms with van der Waals surface area (Å²) in [5, 5.41) is 2.53. The zero-order valence-corrected chi connectivity index (χ0v) is 10.8. The molecule has 1 N–H and O–H groups in total. The van der Waals surface area contributed by atoms with Crippen LogP contribution in [0.15, 0.2) is 24.3 Å². The minimum Gasteiger partial charge on any atom is -0.459 e. The highest BCUT2D eigenvalue weighted by molar-refractivity contribution is 6.32. The first-order valence-electron chi connectivity index (χ1n) is 6.34. The summed E-state index contributed by atoms with van der Waals surface area (Å²) in [5.41, 5.74) is 2.40. The molecule has 1 amide bonds. The lowest BCUT2D eigenvalue weighted by Gasteiger charge is -2.25. The minimum atomic E-state index is -0.848. The third kappa shape index (κ3) is 3.54. The molecule has 0 bridgehead atoms. The van der Waals surface area contributed by atoms with E-state index in [2.05, 4.69) is 16.1 Å². The van der Waals surface area contributed by atoms with Crippen LogP contribution in [0.3, 0.4) is 0 Å². The summed E-state index contributed by atoms with van der Waals surface area (Å²) in [4.78, 5) is 22.5. The van der Waals surface area contributed by atoms with Crippen LogP contribution in [0, 0.1) is 0 Å². The maximum atomic E-state index is 11.4. The number of benzene rings is 1. The lowest BCUT2D eigenvalue weighted by molar-refractivity contribution is -0.154. The Morgan fingerprint density at radius 3 is 2.84 bits per heavy atom. The number of carbonyl (C=O) groups is 2. The summed E-state index contributed by atoms with van der Waals surface area (Å²) in [5.74, 6) is -1.57. The predicted octanol–water partition coefficient (Wildman–Crippen LogP) is 0.807. The van der Waals surface area contributed by atoms with Crippen LogP contribution in [0.4, 0.5) is 0 Å². The fourth-order valence-electron chi connectivity index (χ4n) is 2.02. The number of amides is 1. The van der Waals surface area contributed by atoms with Crippen molar-refractivity contribution in [3.63, 3.8) is 0 Å². The van der Waals surface area contributed by atoms with Crippen LogP contribution in [-0.4, -0.2) is 31.1 Å². The van der Waals surface area contributed by atoms with E-state index >= 15 is 0 Å². The Labute approximate surface area is 111 Å². The molecule has 5 nitrogen and oxygen atoms in total. The van der Waals surface area contributed by atoms with Crippen molar-refractivity contribution in [1.82, 2.24) is 5.32 Å². The normalized spacial score (nSPS) is 17.4. The quantitative estimate of drug-likeness (QED) is 0.647. The Bertz CT molecular complexity index is 472. The fraction of sp³-hybridized carbons (Fsp3) is 0.429. The Hall–Kier alpha value is -1.88. The zero-order valence-electron chi connectivity index (χ0n) is 10.8. The monoisotopic (exact) mass is 263 g/mol. The van der Waals surface area contributed by atoms with Gasteiger partial charge in [-0.1, -0.05) is 24.3 Å². The standard InChI is InChI=1S/C14H17NO4/c1-2-18-14(17)13(16)15-8-12-7-10-5-3-4-6-11(10)9-19-12/h3-6,12H,2,7-9H2,1H3,(H,15,16). The van der Waals surface area contributed by atoms with Crippen LogP contribution in [0.25, 0.3) is 0 Å². The number of carbonyl (C=O) groups excluding carboxylic acids is 2. The highest BCUT2D eigenvalue weighted by Crippen LogP contribution is 2.19. The number of fused-ring (bicyclic) bond motifs is 1. The smallest absolute Gasteiger partial charge is 0.396 e. The molecule has 0 spiro atoms. The second kappa shape index (κ2) is 6.33. The molecule has 2 rings (SSSR count). The van der Waals surface area contributed by atoms with Gasteiger partial charge in [0.2, 0.25) is 0 Å². The van der Waals surface area contributed by atoms with Gasteiger partial charge in [-0.2, -0.15) is 0 Å². The molecule has 1 aliphatic rings. The molecule has 1 aliphatic heterocycles. The van der Waals surface area contributed by atoms with Crippen molar-refractivity contribution in [1.29, 1.82) is 0 Å². The predicted molar refractivity (Wildman–Crippen MR) is 68.4 cm³/mol. The molecular weight excluding hydrogens is 246 g/mol. The molecule has 5 heteroatoms. The molecule has 1 unspecified atom stereocenters. The van der Waals surface area contributed by atoms with Gasteiger partial charge in [-0.05, 0) is 18.1 Å². The van der Waals surface area contributed by atoms with Crippen molar-refractivity contribution in [3.05, 3.63) is 35.4 Å². The molecular formula is C14H17NO4. The van der Waals surface area contributed by atoms with Crippen molar-refractivity contribution in [2.45, 2.75) is 26.1 Å². The second-order valence-corrected chi connectivity index (χ2v) is 4.34. The van der Waals surface area contributed by atoms with Crippen LogP contribution in [0.2, 0.25) is 0 Å². The molecule has 102 valence electrons. The van der Waals surface area contributed by atoms with E-state index in [9.17, 15) is 9.59 Å². The summed E-state index contributed by atoms with van der Waals surface area (Å²) < 4.78 is 10.2. The van der Waals surface area contributed by atoms with E-state index in [4.69, 9.17) is 4.74 Å². The summed E-state index contributed by atoms with van der Waals surface area (Å²) in [6.45, 7) is 2.70. The van der Waals surface area contributed by atoms with Crippen molar-refractivity contribution >= 4 is 11.9 Å². The number of esters is 1. The molecule has 0 aromatic heterocycles. The van der Waals surface area contributed by atoms with Crippen LogP contribution in [0.1, 0.15) is 18.1 Å². The van der Waals surface area contributed by atoms with Crippen LogP contribution in [0.5, 0.6) is 0 Å². The van der Waals surface area contributed by atoms with Crippen LogP contribution < -0.4 is 5.32 Å². The van der Waals surface area contributed by atoms with Gasteiger partial charge in [0, 0.05) is 13.0 Å². The van der Waals surface area contributed by atoms with Gasteiger partial charge in [0.05, 0.1) is 19.3 Å². The summed E-state index contributed by atoms with van der Waals surface area (Å²) in [6, 6.07) is 8.05. The van der Waals surface area contributed by atoms with E-state index in [0.717, 1.165) is 6.42 Å². The van der Waals surface area contributed by atoms with Gasteiger partial charge in [-0.3, -0.25) is 4.79 Å². The maximum Gasteiger partial charge on any atom is 0.396 e. The topological polar surface area (TPSA) is 64.6 Å². The highest BCUT2D eigenvalue weighted by Gasteiger charge is 2.21. The van der Waals surface area contributed by atoms with E-state index in [1.54, 1.807) is 6.92 Å². The molecule has 1 atom stereocenters. The summed E-state index contributed by atoms with van der Waals surface area (Å²) in [6.07, 6.45) is 0.632. The van der Waals surface area contributed by atoms with Crippen molar-refractivity contribution in [2.24, 2.45) is 0 Å². The fourth-order valence-corrected chi connectivity index (χ4v) is 2.02. The third-order valence-electron chi connectivity index (χ3n) is 2.99. The Morgan fingerprint density at radius 1 is 1.37 bits per heavy atom. The number of ether oxygens (including phenoxy) is 2. The lowest BCUT2D eigenvalue weighted by Crippen LogP contribution is -2.40. The molecule has 0 aliphatic carbocycles. The van der Waals surface area contributed by atoms with Gasteiger partial charge in [-0.25, -0.2) is 4.79 Å². The molecule has 0 saturated carbocycles. The molecule has 1 heterocycles. The third-order valence-corrected chi connectivity index (χ3v) is 2.99.